The van der Waals surface area contributed by atoms with E-state index < -0.39 is 6.17 Å². The zero-order chi connectivity index (χ0) is 22.7. The summed E-state index contributed by atoms with van der Waals surface area (Å²) in [6.45, 7) is 0.291. The van der Waals surface area contributed by atoms with Crippen molar-refractivity contribution < 1.29 is 18.5 Å². The van der Waals surface area contributed by atoms with Crippen molar-refractivity contribution in [3.8, 4) is 11.4 Å². The monoisotopic (exact) mass is 441 g/mol. The number of benzene rings is 1. The van der Waals surface area contributed by atoms with Crippen molar-refractivity contribution in [2.45, 2.75) is 38.0 Å². The fraction of sp³-hybridized carbons (Fsp3) is 0.429. The van der Waals surface area contributed by atoms with E-state index in [9.17, 15) is 14.0 Å². The largest absolute Gasteiger partial charge is 0.343 e. The number of halogens is 1. The third kappa shape index (κ3) is 4.82. The van der Waals surface area contributed by atoms with Gasteiger partial charge >= 0.3 is 0 Å². The van der Waals surface area contributed by atoms with Crippen molar-refractivity contribution >= 4 is 11.8 Å². The number of amides is 2. The highest BCUT2D eigenvalue weighted by molar-refractivity contribution is 5.91. The second kappa shape index (κ2) is 9.25. The smallest absolute Gasteiger partial charge is 0.275 e. The first-order chi connectivity index (χ1) is 15.4. The van der Waals surface area contributed by atoms with E-state index in [4.69, 9.17) is 4.52 Å². The lowest BCUT2D eigenvalue weighted by Gasteiger charge is -2.24. The summed E-state index contributed by atoms with van der Waals surface area (Å²) in [5.74, 6) is 0.353. The molecule has 2 unspecified atom stereocenters. The first-order valence-electron chi connectivity index (χ1n) is 10.3. The van der Waals surface area contributed by atoms with Gasteiger partial charge in [-0.2, -0.15) is 4.98 Å². The van der Waals surface area contributed by atoms with Crippen LogP contribution in [0.5, 0.6) is 0 Å². The summed E-state index contributed by atoms with van der Waals surface area (Å²) in [6.07, 6.45) is 1.01. The van der Waals surface area contributed by atoms with E-state index in [1.807, 2.05) is 30.3 Å². The molecule has 0 aliphatic carbocycles. The predicted octanol–water partition coefficient (Wildman–Crippen LogP) is 1.60. The second-order valence-corrected chi connectivity index (χ2v) is 7.94. The number of likely N-dealkylation sites (tertiary alicyclic amines) is 1. The molecule has 1 aromatic carbocycles. The molecule has 2 aromatic heterocycles. The first kappa shape index (κ1) is 21.6. The normalized spacial score (nSPS) is 18.2. The van der Waals surface area contributed by atoms with E-state index in [1.165, 1.54) is 20.7 Å². The Morgan fingerprint density at radius 3 is 2.78 bits per heavy atom. The molecule has 11 heteroatoms. The highest BCUT2D eigenvalue weighted by Gasteiger charge is 2.35. The van der Waals surface area contributed by atoms with Gasteiger partial charge in [-0.15, -0.1) is 5.10 Å². The maximum Gasteiger partial charge on any atom is 0.275 e. The van der Waals surface area contributed by atoms with Crippen molar-refractivity contribution in [1.29, 1.82) is 0 Å². The van der Waals surface area contributed by atoms with Crippen LogP contribution in [0.2, 0.25) is 0 Å². The lowest BCUT2D eigenvalue weighted by atomic mass is 10.2. The van der Waals surface area contributed by atoms with Gasteiger partial charge in [-0.1, -0.05) is 40.7 Å². The predicted molar refractivity (Wildman–Crippen MR) is 111 cm³/mol. The van der Waals surface area contributed by atoms with Crippen LogP contribution in [-0.4, -0.2) is 79.6 Å². The number of aryl methyl sites for hydroxylation is 1. The van der Waals surface area contributed by atoms with Crippen LogP contribution in [-0.2, 0) is 17.8 Å². The Kier molecular flexibility index (Phi) is 6.24. The number of hydrogen-bond acceptors (Lipinski definition) is 7. The van der Waals surface area contributed by atoms with Crippen LogP contribution in [0.1, 0.15) is 29.2 Å². The zero-order valence-corrected chi connectivity index (χ0v) is 17.9. The molecule has 1 aliphatic rings. The molecule has 0 bridgehead atoms. The van der Waals surface area contributed by atoms with Crippen LogP contribution in [0.4, 0.5) is 4.39 Å². The Hall–Kier alpha value is -3.63. The van der Waals surface area contributed by atoms with Gasteiger partial charge in [0.15, 0.2) is 5.69 Å². The summed E-state index contributed by atoms with van der Waals surface area (Å²) < 4.78 is 20.9. The highest BCUT2D eigenvalue weighted by Crippen LogP contribution is 2.23. The van der Waals surface area contributed by atoms with Crippen LogP contribution >= 0.6 is 0 Å². The maximum atomic E-state index is 14.1. The Morgan fingerprint density at radius 1 is 1.25 bits per heavy atom. The van der Waals surface area contributed by atoms with Gasteiger partial charge in [0.2, 0.25) is 17.6 Å². The van der Waals surface area contributed by atoms with Crippen molar-refractivity contribution in [3.63, 3.8) is 0 Å². The molecule has 0 spiro atoms. The molecule has 168 valence electrons. The number of carbonyl (C=O) groups excluding carboxylic acids is 2. The number of carbonyl (C=O) groups is 2. The average Bonchev–Trinajstić information content (AvgIpc) is 3.52. The summed E-state index contributed by atoms with van der Waals surface area (Å²) in [7, 11) is 3.25. The van der Waals surface area contributed by atoms with Gasteiger partial charge in [0.25, 0.3) is 5.91 Å². The zero-order valence-electron chi connectivity index (χ0n) is 17.9. The van der Waals surface area contributed by atoms with E-state index in [0.29, 0.717) is 11.7 Å². The molecule has 0 saturated carbocycles. The van der Waals surface area contributed by atoms with E-state index >= 15 is 0 Å². The molecular formula is C21H24FN7O3. The molecule has 2 atom stereocenters. The summed E-state index contributed by atoms with van der Waals surface area (Å²) in [4.78, 5) is 32.1. The Labute approximate surface area is 184 Å². The molecule has 3 aromatic rings. The van der Waals surface area contributed by atoms with Crippen LogP contribution in [0.3, 0.4) is 0 Å². The lowest BCUT2D eigenvalue weighted by molar-refractivity contribution is -0.132. The quantitative estimate of drug-likeness (QED) is 0.548. The van der Waals surface area contributed by atoms with Crippen molar-refractivity contribution in [3.05, 3.63) is 48.1 Å². The molecular weight excluding hydrogens is 417 g/mol. The lowest BCUT2D eigenvalue weighted by Crippen LogP contribution is -2.38. The molecule has 3 heterocycles. The van der Waals surface area contributed by atoms with Crippen molar-refractivity contribution in [2.24, 2.45) is 0 Å². The van der Waals surface area contributed by atoms with Crippen LogP contribution in [0.25, 0.3) is 11.4 Å². The summed E-state index contributed by atoms with van der Waals surface area (Å²) in [6, 6.07) is 9.03. The number of rotatable bonds is 7. The summed E-state index contributed by atoms with van der Waals surface area (Å²) >= 11 is 0. The minimum atomic E-state index is -1.11. The fourth-order valence-corrected chi connectivity index (χ4v) is 3.69. The molecule has 0 radical (unpaired) electrons. The molecule has 0 N–H and O–H groups in total. The van der Waals surface area contributed by atoms with Gasteiger partial charge in [0.1, 0.15) is 6.17 Å². The minimum Gasteiger partial charge on any atom is -0.343 e. The van der Waals surface area contributed by atoms with E-state index in [0.717, 1.165) is 5.56 Å². The molecule has 1 fully saturated rings. The van der Waals surface area contributed by atoms with Crippen molar-refractivity contribution in [2.75, 3.05) is 20.6 Å². The van der Waals surface area contributed by atoms with E-state index in [-0.39, 0.29) is 55.9 Å². The van der Waals surface area contributed by atoms with E-state index in [2.05, 4.69) is 20.5 Å². The topological polar surface area (TPSA) is 110 Å². The van der Waals surface area contributed by atoms with Crippen LogP contribution in [0.15, 0.2) is 41.1 Å². The fourth-order valence-electron chi connectivity index (χ4n) is 3.69. The maximum absolute atomic E-state index is 14.1. The van der Waals surface area contributed by atoms with Crippen molar-refractivity contribution in [1.82, 2.24) is 34.9 Å². The summed E-state index contributed by atoms with van der Waals surface area (Å²) in [5, 5.41) is 11.8. The SMILES string of the molecule is CN(C)C(=O)c1cn(CC2CC(F)CN2C(=O)CCc2nc(-c3ccccc3)no2)nn1. The molecule has 10 nitrogen and oxygen atoms in total. The molecule has 4 rings (SSSR count). The molecule has 2 amide bonds. The van der Waals surface area contributed by atoms with E-state index in [1.54, 1.807) is 14.1 Å². The average molecular weight is 441 g/mol. The third-order valence-electron chi connectivity index (χ3n) is 5.30. The number of alkyl halides is 1. The van der Waals surface area contributed by atoms with Crippen LogP contribution < -0.4 is 0 Å². The Balaban J connectivity index is 1.36. The van der Waals surface area contributed by atoms with Crippen LogP contribution in [0, 0.1) is 0 Å². The van der Waals surface area contributed by atoms with Gasteiger partial charge in [-0.3, -0.25) is 9.59 Å². The molecule has 1 aliphatic heterocycles. The Morgan fingerprint density at radius 2 is 2.03 bits per heavy atom. The second-order valence-electron chi connectivity index (χ2n) is 7.94. The first-order valence-corrected chi connectivity index (χ1v) is 10.3. The van der Waals surface area contributed by atoms with Gasteiger partial charge in [-0.25, -0.2) is 9.07 Å². The number of nitrogens with zero attached hydrogens (tertiary/aromatic N) is 7. The number of hydrogen-bond donors (Lipinski definition) is 0. The Bertz CT molecular complexity index is 1080. The molecule has 32 heavy (non-hydrogen) atoms. The van der Waals surface area contributed by atoms with Gasteiger partial charge < -0.3 is 14.3 Å². The molecule has 1 saturated heterocycles. The van der Waals surface area contributed by atoms with Gasteiger partial charge in [0, 0.05) is 38.9 Å². The standard InChI is InChI=1S/C21H24FN7O3/c1-27(2)21(31)17-13-28(26-24-17)12-16-10-15(22)11-29(16)19(30)9-8-18-23-20(25-32-18)14-6-4-3-5-7-14/h3-7,13,15-16H,8-12H2,1-2H3. The third-order valence-corrected chi connectivity index (χ3v) is 5.30. The van der Waals surface area contributed by atoms with Gasteiger partial charge in [-0.05, 0) is 0 Å². The summed E-state index contributed by atoms with van der Waals surface area (Å²) in [5.41, 5.74) is 1.03. The minimum absolute atomic E-state index is 0.0286. The number of aromatic nitrogens is 5. The highest BCUT2D eigenvalue weighted by atomic mass is 19.1. The van der Waals surface area contributed by atoms with Gasteiger partial charge in [0.05, 0.1) is 25.3 Å².